The van der Waals surface area contributed by atoms with Gasteiger partial charge in [-0.05, 0) is 67.1 Å². The lowest BCUT2D eigenvalue weighted by Crippen LogP contribution is -2.47. The first-order valence-electron chi connectivity index (χ1n) is 14.1. The van der Waals surface area contributed by atoms with Crippen LogP contribution in [0.2, 0.25) is 5.02 Å². The Balaban J connectivity index is 1.60. The van der Waals surface area contributed by atoms with Gasteiger partial charge in [0.15, 0.2) is 0 Å². The molecular weight excluding hydrogens is 524 g/mol. The highest BCUT2D eigenvalue weighted by atomic mass is 35.5. The average molecular weight is 561 g/mol. The number of amides is 3. The fourth-order valence-electron chi connectivity index (χ4n) is 5.21. The van der Waals surface area contributed by atoms with Gasteiger partial charge in [-0.25, -0.2) is 4.98 Å². The molecule has 0 unspecified atom stereocenters. The third-order valence-corrected chi connectivity index (χ3v) is 7.52. The number of nitrogens with zero attached hydrogens (tertiary/aromatic N) is 2. The van der Waals surface area contributed by atoms with Gasteiger partial charge in [-0.2, -0.15) is 0 Å². The Morgan fingerprint density at radius 2 is 1.68 bits per heavy atom. The third-order valence-electron chi connectivity index (χ3n) is 7.27. The van der Waals surface area contributed by atoms with E-state index in [9.17, 15) is 14.4 Å². The molecular formula is C32H37ClN4O3. The van der Waals surface area contributed by atoms with Gasteiger partial charge in [0.05, 0.1) is 0 Å². The van der Waals surface area contributed by atoms with Crippen molar-refractivity contribution in [3.05, 3.63) is 89.1 Å². The smallest absolute Gasteiger partial charge is 0.248 e. The van der Waals surface area contributed by atoms with Gasteiger partial charge in [0.2, 0.25) is 17.7 Å². The summed E-state index contributed by atoms with van der Waals surface area (Å²) in [6, 6.07) is 19.3. The molecule has 2 aromatic carbocycles. The molecule has 1 aliphatic carbocycles. The molecule has 7 nitrogen and oxygen atoms in total. The maximum absolute atomic E-state index is 14.0. The first-order valence-corrected chi connectivity index (χ1v) is 14.5. The molecule has 1 heterocycles. The van der Waals surface area contributed by atoms with Crippen molar-refractivity contribution in [2.45, 2.75) is 76.8 Å². The Kier molecular flexibility index (Phi) is 10.7. The maximum Gasteiger partial charge on any atom is 0.248 e. The minimum Gasteiger partial charge on any atom is -0.351 e. The number of hydrogen-bond acceptors (Lipinski definition) is 4. The molecule has 3 aromatic rings. The molecule has 1 saturated carbocycles. The van der Waals surface area contributed by atoms with Crippen LogP contribution in [0.1, 0.15) is 75.5 Å². The second-order valence-corrected chi connectivity index (χ2v) is 10.6. The second-order valence-electron chi connectivity index (χ2n) is 10.2. The summed E-state index contributed by atoms with van der Waals surface area (Å²) in [5.74, 6) is -0.164. The highest BCUT2D eigenvalue weighted by Gasteiger charge is 2.34. The summed E-state index contributed by atoms with van der Waals surface area (Å²) in [7, 11) is 0. The lowest BCUT2D eigenvalue weighted by atomic mass is 9.94. The van der Waals surface area contributed by atoms with Crippen molar-refractivity contribution < 1.29 is 14.4 Å². The van der Waals surface area contributed by atoms with E-state index in [1.807, 2.05) is 43.3 Å². The predicted molar refractivity (Wildman–Crippen MR) is 159 cm³/mol. The number of nitrogens with one attached hydrogen (secondary N) is 2. The van der Waals surface area contributed by atoms with Crippen molar-refractivity contribution >= 4 is 40.8 Å². The van der Waals surface area contributed by atoms with Gasteiger partial charge in [0.25, 0.3) is 0 Å². The van der Waals surface area contributed by atoms with Crippen molar-refractivity contribution in [1.29, 1.82) is 0 Å². The van der Waals surface area contributed by atoms with E-state index in [1.54, 1.807) is 41.4 Å². The second kappa shape index (κ2) is 14.6. The van der Waals surface area contributed by atoms with Gasteiger partial charge >= 0.3 is 0 Å². The first kappa shape index (κ1) is 29.3. The summed E-state index contributed by atoms with van der Waals surface area (Å²) in [4.78, 5) is 46.2. The third kappa shape index (κ3) is 7.92. The first-order chi connectivity index (χ1) is 19.5. The zero-order chi connectivity index (χ0) is 28.3. The number of aromatic nitrogens is 1. The monoisotopic (exact) mass is 560 g/mol. The Bertz CT molecular complexity index is 1280. The molecule has 0 radical (unpaired) electrons. The van der Waals surface area contributed by atoms with E-state index in [1.165, 1.54) is 6.42 Å². The Hall–Kier alpha value is -3.71. The molecule has 8 heteroatoms. The van der Waals surface area contributed by atoms with Gasteiger partial charge in [0.1, 0.15) is 11.9 Å². The number of carbonyl (C=O) groups is 3. The summed E-state index contributed by atoms with van der Waals surface area (Å²) in [5.41, 5.74) is 2.35. The number of anilines is 2. The molecule has 1 aromatic heterocycles. The molecule has 210 valence electrons. The van der Waals surface area contributed by atoms with E-state index in [2.05, 4.69) is 15.6 Å². The number of aryl methyl sites for hydroxylation is 1. The van der Waals surface area contributed by atoms with Gasteiger partial charge in [-0.15, -0.1) is 0 Å². The van der Waals surface area contributed by atoms with Crippen LogP contribution in [0, 0.1) is 0 Å². The number of benzene rings is 2. The molecule has 1 atom stereocenters. The van der Waals surface area contributed by atoms with Crippen molar-refractivity contribution in [3.8, 4) is 0 Å². The van der Waals surface area contributed by atoms with Crippen LogP contribution in [0.3, 0.4) is 0 Å². The lowest BCUT2D eigenvalue weighted by molar-refractivity contribution is -0.127. The van der Waals surface area contributed by atoms with E-state index in [0.29, 0.717) is 34.9 Å². The number of pyridine rings is 1. The predicted octanol–water partition coefficient (Wildman–Crippen LogP) is 6.63. The van der Waals surface area contributed by atoms with Crippen LogP contribution in [-0.4, -0.2) is 28.7 Å². The van der Waals surface area contributed by atoms with Crippen molar-refractivity contribution in [1.82, 2.24) is 10.3 Å². The molecule has 0 spiro atoms. The highest BCUT2D eigenvalue weighted by Crippen LogP contribution is 2.33. The zero-order valence-electron chi connectivity index (χ0n) is 22.9. The van der Waals surface area contributed by atoms with Crippen LogP contribution in [0.25, 0.3) is 0 Å². The summed E-state index contributed by atoms with van der Waals surface area (Å²) < 4.78 is 0. The Morgan fingerprint density at radius 3 is 2.38 bits per heavy atom. The molecule has 2 N–H and O–H groups in total. The van der Waals surface area contributed by atoms with Crippen molar-refractivity contribution in [3.63, 3.8) is 0 Å². The Morgan fingerprint density at radius 1 is 0.950 bits per heavy atom. The largest absolute Gasteiger partial charge is 0.351 e. The van der Waals surface area contributed by atoms with E-state index in [4.69, 9.17) is 11.6 Å². The van der Waals surface area contributed by atoms with E-state index >= 15 is 0 Å². The fraction of sp³-hybridized carbons (Fsp3) is 0.375. The van der Waals surface area contributed by atoms with Gasteiger partial charge in [-0.1, -0.05) is 74.2 Å². The van der Waals surface area contributed by atoms with Crippen LogP contribution in [-0.2, 0) is 20.8 Å². The summed E-state index contributed by atoms with van der Waals surface area (Å²) in [6.45, 7) is 2.03. The number of hydrogen-bond donors (Lipinski definition) is 2. The van der Waals surface area contributed by atoms with Crippen LogP contribution in [0.4, 0.5) is 11.5 Å². The van der Waals surface area contributed by atoms with E-state index in [0.717, 1.165) is 31.2 Å². The molecule has 4 rings (SSSR count). The van der Waals surface area contributed by atoms with Crippen LogP contribution < -0.4 is 15.5 Å². The van der Waals surface area contributed by atoms with Crippen LogP contribution in [0.15, 0.2) is 72.9 Å². The molecule has 40 heavy (non-hydrogen) atoms. The fourth-order valence-corrected chi connectivity index (χ4v) is 5.34. The topological polar surface area (TPSA) is 91.4 Å². The average Bonchev–Trinajstić information content (AvgIpc) is 2.97. The molecule has 3 amide bonds. The van der Waals surface area contributed by atoms with Gasteiger partial charge in [-0.3, -0.25) is 19.3 Å². The van der Waals surface area contributed by atoms with Crippen LogP contribution in [0.5, 0.6) is 0 Å². The number of halogens is 1. The van der Waals surface area contributed by atoms with E-state index < -0.39 is 6.04 Å². The molecule has 0 saturated heterocycles. The van der Waals surface area contributed by atoms with Crippen molar-refractivity contribution in [2.75, 3.05) is 10.2 Å². The summed E-state index contributed by atoms with van der Waals surface area (Å²) in [6.07, 6.45) is 8.11. The number of para-hydroxylation sites is 1. The SMILES string of the molecule is CCc1ccccc1N(C(=O)CCCC(=O)Nc1ccccn1)[C@H](C(=O)NC1CCCCC1)c1ccc(Cl)cc1. The minimum atomic E-state index is -0.873. The molecule has 1 fully saturated rings. The van der Waals surface area contributed by atoms with Crippen LogP contribution >= 0.6 is 11.6 Å². The summed E-state index contributed by atoms with van der Waals surface area (Å²) >= 11 is 6.19. The Labute approximate surface area is 241 Å². The zero-order valence-corrected chi connectivity index (χ0v) is 23.7. The normalized spacial score (nSPS) is 14.2. The molecule has 0 aliphatic heterocycles. The quantitative estimate of drug-likeness (QED) is 0.275. The number of rotatable bonds is 11. The van der Waals surface area contributed by atoms with Gasteiger partial charge < -0.3 is 10.6 Å². The summed E-state index contributed by atoms with van der Waals surface area (Å²) in [5, 5.41) is 6.56. The van der Waals surface area contributed by atoms with Gasteiger partial charge in [0, 0.05) is 35.8 Å². The molecule has 1 aliphatic rings. The molecule has 0 bridgehead atoms. The highest BCUT2D eigenvalue weighted by molar-refractivity contribution is 6.30. The van der Waals surface area contributed by atoms with Crippen molar-refractivity contribution in [2.24, 2.45) is 0 Å². The number of carbonyl (C=O) groups excluding carboxylic acids is 3. The minimum absolute atomic E-state index is 0.0877. The van der Waals surface area contributed by atoms with E-state index in [-0.39, 0.29) is 36.6 Å². The standard InChI is InChI=1S/C32H37ClN4O3/c1-2-23-11-6-7-14-27(23)37(30(39)17-10-16-29(38)36-28-15-8-9-22-34-28)31(24-18-20-25(33)21-19-24)32(40)35-26-12-4-3-5-13-26/h6-9,11,14-15,18-22,26,31H,2-5,10,12-13,16-17H2,1H3,(H,35,40)(H,34,36,38)/t31-/m0/s1. The lowest BCUT2D eigenvalue weighted by Gasteiger charge is -2.34. The maximum atomic E-state index is 14.0.